The molecular formula is C30H44FN3O4. The van der Waals surface area contributed by atoms with Crippen LogP contribution < -0.4 is 9.64 Å². The van der Waals surface area contributed by atoms with Gasteiger partial charge in [-0.3, -0.25) is 4.98 Å². The molecule has 1 aliphatic rings. The van der Waals surface area contributed by atoms with E-state index in [2.05, 4.69) is 42.6 Å². The van der Waals surface area contributed by atoms with Crippen molar-refractivity contribution in [1.82, 2.24) is 9.97 Å². The van der Waals surface area contributed by atoms with E-state index in [-0.39, 0.29) is 17.4 Å². The van der Waals surface area contributed by atoms with E-state index < -0.39 is 23.5 Å². The minimum absolute atomic E-state index is 0.0389. The van der Waals surface area contributed by atoms with E-state index >= 15 is 4.39 Å². The molecule has 210 valence electrons. The highest BCUT2D eigenvalue weighted by Gasteiger charge is 2.36. The van der Waals surface area contributed by atoms with Gasteiger partial charge < -0.3 is 19.5 Å². The average Bonchev–Trinajstić information content (AvgIpc) is 2.78. The van der Waals surface area contributed by atoms with E-state index in [0.717, 1.165) is 32.4 Å². The third-order valence-corrected chi connectivity index (χ3v) is 6.91. The van der Waals surface area contributed by atoms with Gasteiger partial charge in [0, 0.05) is 47.9 Å². The summed E-state index contributed by atoms with van der Waals surface area (Å²) in [4.78, 5) is 23.6. The van der Waals surface area contributed by atoms with Crippen LogP contribution in [0.2, 0.25) is 0 Å². The Labute approximate surface area is 226 Å². The fraction of sp³-hybridized carbons (Fsp3) is 0.633. The first-order valence-corrected chi connectivity index (χ1v) is 13.6. The minimum Gasteiger partial charge on any atom is -0.479 e. The molecule has 1 unspecified atom stereocenters. The quantitative estimate of drug-likeness (QED) is 0.375. The van der Waals surface area contributed by atoms with Gasteiger partial charge in [0.2, 0.25) is 0 Å². The molecule has 0 aliphatic carbocycles. The number of ether oxygens (including phenoxy) is 2. The van der Waals surface area contributed by atoms with Gasteiger partial charge in [0.1, 0.15) is 0 Å². The van der Waals surface area contributed by atoms with Crippen LogP contribution in [0.15, 0.2) is 18.5 Å². The van der Waals surface area contributed by atoms with Gasteiger partial charge in [0.15, 0.2) is 11.9 Å². The van der Waals surface area contributed by atoms with E-state index in [1.165, 1.54) is 6.07 Å². The monoisotopic (exact) mass is 529 g/mol. The predicted octanol–water partition coefficient (Wildman–Crippen LogP) is 6.97. The first kappa shape index (κ1) is 29.8. The van der Waals surface area contributed by atoms with Crippen LogP contribution in [-0.4, -0.2) is 45.8 Å². The normalized spacial score (nSPS) is 17.4. The Morgan fingerprint density at radius 3 is 2.32 bits per heavy atom. The predicted molar refractivity (Wildman–Crippen MR) is 148 cm³/mol. The van der Waals surface area contributed by atoms with Crippen molar-refractivity contribution in [1.29, 1.82) is 0 Å². The van der Waals surface area contributed by atoms with Crippen molar-refractivity contribution >= 4 is 11.7 Å². The topological polar surface area (TPSA) is 84.8 Å². The Hall–Kier alpha value is -2.74. The molecule has 2 aromatic heterocycles. The molecule has 1 aliphatic heterocycles. The van der Waals surface area contributed by atoms with Crippen LogP contribution in [0.25, 0.3) is 11.1 Å². The molecule has 3 rings (SSSR count). The van der Waals surface area contributed by atoms with Gasteiger partial charge >= 0.3 is 5.97 Å². The van der Waals surface area contributed by atoms with Gasteiger partial charge in [-0.15, -0.1) is 0 Å². The molecule has 0 aromatic carbocycles. The number of aryl methyl sites for hydroxylation is 1. The number of anilines is 1. The number of hydrogen-bond donors (Lipinski definition) is 1. The fourth-order valence-electron chi connectivity index (χ4n) is 4.96. The first-order valence-electron chi connectivity index (χ1n) is 13.6. The average molecular weight is 530 g/mol. The van der Waals surface area contributed by atoms with Crippen molar-refractivity contribution < 1.29 is 23.8 Å². The van der Waals surface area contributed by atoms with Gasteiger partial charge in [-0.25, -0.2) is 14.2 Å². The van der Waals surface area contributed by atoms with Crippen LogP contribution in [0.4, 0.5) is 10.1 Å². The molecule has 0 amide bonds. The van der Waals surface area contributed by atoms with Crippen molar-refractivity contribution in [2.24, 2.45) is 11.3 Å². The maximum atomic E-state index is 15.3. The lowest BCUT2D eigenvalue weighted by Gasteiger charge is -2.40. The first-order chi connectivity index (χ1) is 17.6. The summed E-state index contributed by atoms with van der Waals surface area (Å²) < 4.78 is 27.1. The SMILES string of the molecule is Cc1ncc(-c2cnc(OC(C)CC(C)C)c(F)c2)c(N2CCC(C)(C)CC2)c1[C@H](OC(C)(C)C)C(=O)O. The zero-order valence-electron chi connectivity index (χ0n) is 24.4. The number of piperidine rings is 1. The number of rotatable bonds is 9. The van der Waals surface area contributed by atoms with Crippen LogP contribution in [-0.2, 0) is 9.53 Å². The van der Waals surface area contributed by atoms with Crippen LogP contribution in [0, 0.1) is 24.1 Å². The van der Waals surface area contributed by atoms with Crippen molar-refractivity contribution in [3.8, 4) is 17.0 Å². The molecular weight excluding hydrogens is 485 g/mol. The Kier molecular flexibility index (Phi) is 9.07. The Morgan fingerprint density at radius 2 is 1.79 bits per heavy atom. The van der Waals surface area contributed by atoms with Crippen molar-refractivity contribution in [3.63, 3.8) is 0 Å². The second kappa shape index (κ2) is 11.6. The molecule has 0 saturated carbocycles. The number of nitrogens with zero attached hydrogens (tertiary/aromatic N) is 3. The molecule has 1 saturated heterocycles. The number of carbonyl (C=O) groups is 1. The standard InChI is InChI=1S/C30H44FN3O4/c1-18(2)14-19(3)37-27-23(31)15-21(16-33-27)22-17-32-20(4)24(26(28(35)36)38-29(5,6)7)25(22)34-12-10-30(8,9)11-13-34/h15-19,26H,10-14H2,1-9H3,(H,35,36)/t19?,26-/m0/s1. The summed E-state index contributed by atoms with van der Waals surface area (Å²) in [5.74, 6) is -1.28. The highest BCUT2D eigenvalue weighted by atomic mass is 19.1. The van der Waals surface area contributed by atoms with E-state index in [4.69, 9.17) is 9.47 Å². The third-order valence-electron chi connectivity index (χ3n) is 6.91. The Balaban J connectivity index is 2.15. The maximum absolute atomic E-state index is 15.3. The molecule has 0 spiro atoms. The second-order valence-electron chi connectivity index (χ2n) is 12.7. The van der Waals surface area contributed by atoms with Gasteiger partial charge in [-0.05, 0) is 71.3 Å². The number of carboxylic acid groups (broad SMARTS) is 1. The molecule has 1 N–H and O–H groups in total. The van der Waals surface area contributed by atoms with Crippen LogP contribution in [0.3, 0.4) is 0 Å². The molecule has 3 heterocycles. The highest BCUT2D eigenvalue weighted by Crippen LogP contribution is 2.43. The summed E-state index contributed by atoms with van der Waals surface area (Å²) in [5, 5.41) is 10.2. The van der Waals surface area contributed by atoms with Crippen LogP contribution in [0.1, 0.15) is 92.0 Å². The Bertz CT molecular complexity index is 1130. The van der Waals surface area contributed by atoms with Crippen LogP contribution in [0.5, 0.6) is 5.88 Å². The summed E-state index contributed by atoms with van der Waals surface area (Å²) in [7, 11) is 0. The van der Waals surface area contributed by atoms with E-state index in [9.17, 15) is 9.90 Å². The number of aliphatic carboxylic acids is 1. The smallest absolute Gasteiger partial charge is 0.337 e. The number of halogens is 1. The summed E-state index contributed by atoms with van der Waals surface area (Å²) in [5.41, 5.74) is 2.41. The van der Waals surface area contributed by atoms with Crippen molar-refractivity contribution in [2.45, 2.75) is 99.4 Å². The highest BCUT2D eigenvalue weighted by molar-refractivity contribution is 5.86. The molecule has 0 radical (unpaired) electrons. The van der Waals surface area contributed by atoms with E-state index in [0.29, 0.717) is 34.0 Å². The third kappa shape index (κ3) is 7.43. The van der Waals surface area contributed by atoms with Crippen molar-refractivity contribution in [3.05, 3.63) is 35.5 Å². The van der Waals surface area contributed by atoms with Crippen molar-refractivity contribution in [2.75, 3.05) is 18.0 Å². The molecule has 2 aromatic rings. The largest absolute Gasteiger partial charge is 0.479 e. The zero-order valence-corrected chi connectivity index (χ0v) is 24.4. The lowest BCUT2D eigenvalue weighted by Crippen LogP contribution is -2.39. The summed E-state index contributed by atoms with van der Waals surface area (Å²) in [6, 6.07) is 1.40. The molecule has 1 fully saturated rings. The zero-order chi connectivity index (χ0) is 28.4. The molecule has 7 nitrogen and oxygen atoms in total. The number of hydrogen-bond acceptors (Lipinski definition) is 6. The number of carboxylic acids is 1. The fourth-order valence-corrected chi connectivity index (χ4v) is 4.96. The molecule has 8 heteroatoms. The van der Waals surface area contributed by atoms with Crippen LogP contribution >= 0.6 is 0 Å². The second-order valence-corrected chi connectivity index (χ2v) is 12.7. The van der Waals surface area contributed by atoms with E-state index in [1.807, 2.05) is 27.7 Å². The van der Waals surface area contributed by atoms with Gasteiger partial charge in [0.05, 0.1) is 17.4 Å². The van der Waals surface area contributed by atoms with Gasteiger partial charge in [-0.1, -0.05) is 27.7 Å². The molecule has 2 atom stereocenters. The lowest BCUT2D eigenvalue weighted by molar-refractivity contribution is -0.160. The maximum Gasteiger partial charge on any atom is 0.337 e. The molecule has 0 bridgehead atoms. The Morgan fingerprint density at radius 1 is 1.16 bits per heavy atom. The minimum atomic E-state index is -1.23. The lowest BCUT2D eigenvalue weighted by atomic mass is 9.82. The number of pyridine rings is 2. The summed E-state index contributed by atoms with van der Waals surface area (Å²) >= 11 is 0. The summed E-state index contributed by atoms with van der Waals surface area (Å²) in [6.07, 6.45) is 4.53. The summed E-state index contributed by atoms with van der Waals surface area (Å²) in [6.45, 7) is 19.3. The van der Waals surface area contributed by atoms with Gasteiger partial charge in [-0.2, -0.15) is 0 Å². The number of aromatic nitrogens is 2. The van der Waals surface area contributed by atoms with Gasteiger partial charge in [0.25, 0.3) is 5.88 Å². The molecule has 38 heavy (non-hydrogen) atoms. The van der Waals surface area contributed by atoms with E-state index in [1.54, 1.807) is 19.3 Å².